The van der Waals surface area contributed by atoms with Gasteiger partial charge < -0.3 is 10.5 Å². The van der Waals surface area contributed by atoms with E-state index in [9.17, 15) is 4.79 Å². The van der Waals surface area contributed by atoms with E-state index >= 15 is 0 Å². The lowest BCUT2D eigenvalue weighted by Crippen LogP contribution is -2.23. The van der Waals surface area contributed by atoms with Gasteiger partial charge in [-0.2, -0.15) is 0 Å². The third-order valence-corrected chi connectivity index (χ3v) is 1.63. The number of carbonyl (C=O) groups is 1. The van der Waals surface area contributed by atoms with E-state index < -0.39 is 0 Å². The molecular formula is C11H16N2O2. The molecule has 0 fully saturated rings. The van der Waals surface area contributed by atoms with Crippen LogP contribution in [0.15, 0.2) is 18.3 Å². The number of aromatic nitrogens is 1. The number of hydrogen-bond donors (Lipinski definition) is 1. The second-order valence-electron chi connectivity index (χ2n) is 4.22. The van der Waals surface area contributed by atoms with Gasteiger partial charge in [0.05, 0.1) is 6.54 Å². The normalized spacial score (nSPS) is 11.2. The lowest BCUT2D eigenvalue weighted by Gasteiger charge is -2.21. The van der Waals surface area contributed by atoms with Crippen molar-refractivity contribution in [2.24, 2.45) is 5.73 Å². The first kappa shape index (κ1) is 11.7. The Kier molecular flexibility index (Phi) is 3.42. The van der Waals surface area contributed by atoms with Gasteiger partial charge in [0.1, 0.15) is 17.0 Å². The van der Waals surface area contributed by atoms with E-state index in [-0.39, 0.29) is 17.9 Å². The van der Waals surface area contributed by atoms with Crippen molar-refractivity contribution in [3.8, 4) is 5.75 Å². The number of carbonyl (C=O) groups excluding carboxylic acids is 1. The summed E-state index contributed by atoms with van der Waals surface area (Å²) < 4.78 is 5.60. The Balaban J connectivity index is 2.88. The zero-order chi connectivity index (χ0) is 11.5. The average Bonchev–Trinajstić information content (AvgIpc) is 2.14. The molecule has 1 rings (SSSR count). The molecule has 0 aromatic carbocycles. The van der Waals surface area contributed by atoms with Crippen molar-refractivity contribution in [3.05, 3.63) is 24.0 Å². The second kappa shape index (κ2) is 4.40. The van der Waals surface area contributed by atoms with Gasteiger partial charge in [0.2, 0.25) is 0 Å². The number of hydrogen-bond acceptors (Lipinski definition) is 4. The maximum absolute atomic E-state index is 11.3. The first-order chi connectivity index (χ1) is 6.92. The molecule has 0 bridgehead atoms. The largest absolute Gasteiger partial charge is 0.488 e. The molecular weight excluding hydrogens is 192 g/mol. The molecule has 0 aliphatic heterocycles. The first-order valence-corrected chi connectivity index (χ1v) is 4.81. The summed E-state index contributed by atoms with van der Waals surface area (Å²) in [6.45, 7) is 5.79. The van der Waals surface area contributed by atoms with Gasteiger partial charge in [0.25, 0.3) is 0 Å². The molecule has 0 spiro atoms. The van der Waals surface area contributed by atoms with Gasteiger partial charge in [-0.25, -0.2) is 0 Å². The monoisotopic (exact) mass is 208 g/mol. The SMILES string of the molecule is CC(C)(C)Oc1ccnc(C(=O)CN)c1. The van der Waals surface area contributed by atoms with E-state index in [1.54, 1.807) is 18.3 Å². The van der Waals surface area contributed by atoms with E-state index in [1.165, 1.54) is 0 Å². The van der Waals surface area contributed by atoms with Gasteiger partial charge in [0, 0.05) is 12.3 Å². The summed E-state index contributed by atoms with van der Waals surface area (Å²) in [4.78, 5) is 15.2. The summed E-state index contributed by atoms with van der Waals surface area (Å²) in [6, 6.07) is 3.33. The summed E-state index contributed by atoms with van der Waals surface area (Å²) in [5.41, 5.74) is 5.31. The van der Waals surface area contributed by atoms with Gasteiger partial charge >= 0.3 is 0 Å². The lowest BCUT2D eigenvalue weighted by molar-refractivity contribution is 0.0992. The maximum atomic E-state index is 11.3. The molecule has 0 aliphatic rings. The van der Waals surface area contributed by atoms with Crippen LogP contribution in [0, 0.1) is 0 Å². The Morgan fingerprint density at radius 2 is 2.20 bits per heavy atom. The molecule has 0 unspecified atom stereocenters. The highest BCUT2D eigenvalue weighted by Gasteiger charge is 2.13. The fraction of sp³-hybridized carbons (Fsp3) is 0.455. The zero-order valence-corrected chi connectivity index (χ0v) is 9.28. The molecule has 1 aromatic rings. The highest BCUT2D eigenvalue weighted by molar-refractivity contribution is 5.95. The zero-order valence-electron chi connectivity index (χ0n) is 9.28. The van der Waals surface area contributed by atoms with Gasteiger partial charge in [-0.05, 0) is 26.8 Å². The van der Waals surface area contributed by atoms with Crippen LogP contribution in [0.1, 0.15) is 31.3 Å². The second-order valence-corrected chi connectivity index (χ2v) is 4.22. The number of Topliss-reactive ketones (excluding diaryl/α,β-unsaturated/α-hetero) is 1. The van der Waals surface area contributed by atoms with Gasteiger partial charge in [-0.1, -0.05) is 0 Å². The van der Waals surface area contributed by atoms with Crippen molar-refractivity contribution >= 4 is 5.78 Å². The summed E-state index contributed by atoms with van der Waals surface area (Å²) >= 11 is 0. The molecule has 0 amide bonds. The van der Waals surface area contributed by atoms with Crippen molar-refractivity contribution in [1.82, 2.24) is 4.98 Å². The standard InChI is InChI=1S/C11H16N2O2/c1-11(2,3)15-8-4-5-13-9(6-8)10(14)7-12/h4-6H,7,12H2,1-3H3. The molecule has 15 heavy (non-hydrogen) atoms. The smallest absolute Gasteiger partial charge is 0.194 e. The fourth-order valence-electron chi connectivity index (χ4n) is 1.09. The van der Waals surface area contributed by atoms with Crippen LogP contribution in [0.4, 0.5) is 0 Å². The lowest BCUT2D eigenvalue weighted by atomic mass is 10.2. The molecule has 4 heteroatoms. The predicted octanol–water partition coefficient (Wildman–Crippen LogP) is 1.40. The number of ether oxygens (including phenoxy) is 1. The Hall–Kier alpha value is -1.42. The summed E-state index contributed by atoms with van der Waals surface area (Å²) in [5.74, 6) is 0.448. The molecule has 0 saturated heterocycles. The third-order valence-electron chi connectivity index (χ3n) is 1.63. The molecule has 82 valence electrons. The van der Waals surface area contributed by atoms with Crippen LogP contribution in [0.2, 0.25) is 0 Å². The molecule has 2 N–H and O–H groups in total. The third kappa shape index (κ3) is 3.67. The van der Waals surface area contributed by atoms with E-state index in [0.717, 1.165) is 0 Å². The van der Waals surface area contributed by atoms with Crippen molar-refractivity contribution in [1.29, 1.82) is 0 Å². The van der Waals surface area contributed by atoms with Crippen molar-refractivity contribution in [2.75, 3.05) is 6.54 Å². The number of nitrogens with two attached hydrogens (primary N) is 1. The fourth-order valence-corrected chi connectivity index (χ4v) is 1.09. The molecule has 1 aromatic heterocycles. The quantitative estimate of drug-likeness (QED) is 0.762. The average molecular weight is 208 g/mol. The first-order valence-electron chi connectivity index (χ1n) is 4.81. The number of ketones is 1. The highest BCUT2D eigenvalue weighted by atomic mass is 16.5. The van der Waals surface area contributed by atoms with E-state index in [2.05, 4.69) is 4.98 Å². The van der Waals surface area contributed by atoms with E-state index in [4.69, 9.17) is 10.5 Å². The summed E-state index contributed by atoms with van der Waals surface area (Å²) in [7, 11) is 0. The Bertz CT molecular complexity index is 356. The molecule has 4 nitrogen and oxygen atoms in total. The van der Waals surface area contributed by atoms with Crippen LogP contribution in [-0.2, 0) is 0 Å². The van der Waals surface area contributed by atoms with Gasteiger partial charge in [0.15, 0.2) is 5.78 Å². The van der Waals surface area contributed by atoms with Crippen LogP contribution in [-0.4, -0.2) is 22.9 Å². The van der Waals surface area contributed by atoms with Crippen LogP contribution in [0.3, 0.4) is 0 Å². The predicted molar refractivity (Wildman–Crippen MR) is 58.0 cm³/mol. The molecule has 0 atom stereocenters. The Labute approximate surface area is 89.5 Å². The molecule has 0 radical (unpaired) electrons. The minimum atomic E-state index is -0.287. The van der Waals surface area contributed by atoms with Crippen LogP contribution < -0.4 is 10.5 Å². The number of nitrogens with zero attached hydrogens (tertiary/aromatic N) is 1. The van der Waals surface area contributed by atoms with Crippen LogP contribution in [0.5, 0.6) is 5.75 Å². The van der Waals surface area contributed by atoms with Crippen molar-refractivity contribution in [2.45, 2.75) is 26.4 Å². The van der Waals surface area contributed by atoms with Crippen LogP contribution >= 0.6 is 0 Å². The van der Waals surface area contributed by atoms with Crippen LogP contribution in [0.25, 0.3) is 0 Å². The number of pyridine rings is 1. The topological polar surface area (TPSA) is 65.2 Å². The number of rotatable bonds is 3. The van der Waals surface area contributed by atoms with Crippen molar-refractivity contribution < 1.29 is 9.53 Å². The maximum Gasteiger partial charge on any atom is 0.194 e. The van der Waals surface area contributed by atoms with E-state index in [1.807, 2.05) is 20.8 Å². The molecule has 0 aliphatic carbocycles. The Morgan fingerprint density at radius 1 is 1.53 bits per heavy atom. The minimum absolute atomic E-state index is 0.0357. The minimum Gasteiger partial charge on any atom is -0.488 e. The highest BCUT2D eigenvalue weighted by Crippen LogP contribution is 2.17. The summed E-state index contributed by atoms with van der Waals surface area (Å²) in [5, 5.41) is 0. The molecule has 1 heterocycles. The van der Waals surface area contributed by atoms with Gasteiger partial charge in [-0.3, -0.25) is 9.78 Å². The Morgan fingerprint density at radius 3 is 2.73 bits per heavy atom. The van der Waals surface area contributed by atoms with Gasteiger partial charge in [-0.15, -0.1) is 0 Å². The van der Waals surface area contributed by atoms with Crippen molar-refractivity contribution in [3.63, 3.8) is 0 Å². The summed E-state index contributed by atoms with van der Waals surface area (Å²) in [6.07, 6.45) is 1.55. The van der Waals surface area contributed by atoms with E-state index in [0.29, 0.717) is 11.4 Å². The molecule has 0 saturated carbocycles.